The predicted octanol–water partition coefficient (Wildman–Crippen LogP) is 14.4. The zero-order chi connectivity index (χ0) is 36.2. The number of thiophene rings is 1. The van der Waals surface area contributed by atoms with Crippen molar-refractivity contribution in [1.82, 2.24) is 4.57 Å². The number of hydrogen-bond acceptors (Lipinski definition) is 3. The van der Waals surface area contributed by atoms with E-state index in [2.05, 4.69) is 216 Å². The summed E-state index contributed by atoms with van der Waals surface area (Å²) in [6.07, 6.45) is 0. The van der Waals surface area contributed by atoms with E-state index < -0.39 is 0 Å². The Bertz CT molecular complexity index is 2920. The lowest BCUT2D eigenvalue weighted by molar-refractivity contribution is 1.15. The third-order valence-corrected chi connectivity index (χ3v) is 11.9. The summed E-state index contributed by atoms with van der Waals surface area (Å²) in [5, 5.41) is 5.24. The van der Waals surface area contributed by atoms with Crippen molar-refractivity contribution in [3.05, 3.63) is 194 Å². The zero-order valence-corrected chi connectivity index (χ0v) is 31.0. The van der Waals surface area contributed by atoms with Gasteiger partial charge in [-0.2, -0.15) is 0 Å². The van der Waals surface area contributed by atoms with Crippen molar-refractivity contribution in [1.29, 1.82) is 0 Å². The highest BCUT2D eigenvalue weighted by molar-refractivity contribution is 7.26. The van der Waals surface area contributed by atoms with Gasteiger partial charge in [0.15, 0.2) is 0 Å². The van der Waals surface area contributed by atoms with Gasteiger partial charge in [-0.1, -0.05) is 109 Å². The molecule has 0 atom stereocenters. The van der Waals surface area contributed by atoms with Gasteiger partial charge in [0.1, 0.15) is 0 Å². The summed E-state index contributed by atoms with van der Waals surface area (Å²) in [6.45, 7) is 2.22. The summed E-state index contributed by atoms with van der Waals surface area (Å²) in [4.78, 5) is 4.66. The van der Waals surface area contributed by atoms with Crippen LogP contribution >= 0.6 is 11.3 Å². The van der Waals surface area contributed by atoms with E-state index in [0.717, 1.165) is 34.1 Å². The van der Waals surface area contributed by atoms with Crippen molar-refractivity contribution in [2.75, 3.05) is 16.8 Å². The maximum Gasteiger partial charge on any atom is 0.0555 e. The third kappa shape index (κ3) is 5.26. The molecule has 0 aliphatic rings. The fraction of sp³-hybridized carbons (Fsp3) is 0.0400. The van der Waals surface area contributed by atoms with Crippen LogP contribution in [-0.4, -0.2) is 11.6 Å². The van der Waals surface area contributed by atoms with Gasteiger partial charge >= 0.3 is 0 Å². The molecular formula is C50H37N3S. The molecule has 10 rings (SSSR count). The van der Waals surface area contributed by atoms with E-state index in [1.54, 1.807) is 0 Å². The lowest BCUT2D eigenvalue weighted by atomic mass is 9.98. The van der Waals surface area contributed by atoms with Crippen molar-refractivity contribution in [2.45, 2.75) is 6.92 Å². The monoisotopic (exact) mass is 711 g/mol. The van der Waals surface area contributed by atoms with E-state index in [-0.39, 0.29) is 0 Å². The smallest absolute Gasteiger partial charge is 0.0555 e. The number of aromatic nitrogens is 1. The molecule has 0 unspecified atom stereocenters. The Balaban J connectivity index is 1.16. The number of fused-ring (bicyclic) bond motifs is 7. The van der Waals surface area contributed by atoms with Gasteiger partial charge in [-0.15, -0.1) is 11.3 Å². The minimum absolute atomic E-state index is 1.13. The Labute approximate surface area is 319 Å². The van der Waals surface area contributed by atoms with Crippen molar-refractivity contribution < 1.29 is 0 Å². The van der Waals surface area contributed by atoms with E-state index in [1.807, 2.05) is 11.3 Å². The van der Waals surface area contributed by atoms with Crippen LogP contribution in [-0.2, 0) is 0 Å². The average molecular weight is 712 g/mol. The highest BCUT2D eigenvalue weighted by atomic mass is 32.1. The van der Waals surface area contributed by atoms with Crippen LogP contribution in [0.3, 0.4) is 0 Å². The van der Waals surface area contributed by atoms with E-state index in [9.17, 15) is 0 Å². The molecule has 0 saturated carbocycles. The molecule has 4 heteroatoms. The Morgan fingerprint density at radius 1 is 0.481 bits per heavy atom. The lowest BCUT2D eigenvalue weighted by Crippen LogP contribution is -2.12. The van der Waals surface area contributed by atoms with Gasteiger partial charge in [0, 0.05) is 72.0 Å². The number of para-hydroxylation sites is 4. The molecule has 2 aromatic heterocycles. The number of anilines is 5. The first-order chi connectivity index (χ1) is 26.6. The van der Waals surface area contributed by atoms with Gasteiger partial charge < -0.3 is 14.4 Å². The van der Waals surface area contributed by atoms with E-state index in [0.29, 0.717) is 0 Å². The van der Waals surface area contributed by atoms with Crippen LogP contribution in [0.1, 0.15) is 5.56 Å². The maximum atomic E-state index is 2.45. The molecule has 0 N–H and O–H groups in total. The van der Waals surface area contributed by atoms with E-state index >= 15 is 0 Å². The van der Waals surface area contributed by atoms with Gasteiger partial charge in [-0.05, 0) is 96.9 Å². The number of hydrogen-bond donors (Lipinski definition) is 0. The number of nitrogens with zero attached hydrogens (tertiary/aromatic N) is 3. The van der Waals surface area contributed by atoms with Gasteiger partial charge in [-0.3, -0.25) is 0 Å². The van der Waals surface area contributed by atoms with Crippen LogP contribution in [0.2, 0.25) is 0 Å². The normalized spacial score (nSPS) is 11.5. The molecule has 54 heavy (non-hydrogen) atoms. The number of benzene rings is 8. The minimum atomic E-state index is 1.13. The predicted molar refractivity (Wildman–Crippen MR) is 233 cm³/mol. The van der Waals surface area contributed by atoms with Gasteiger partial charge in [0.05, 0.1) is 16.7 Å². The maximum absolute atomic E-state index is 2.45. The SMILES string of the molecule is Cc1cc(-c2ccc(-n3c4ccccc4c4c5sc6ccccc6c5ccc43)cc2N(C)c2ccccc2)ccc1N(c1ccccc1)c1ccccc1. The quantitative estimate of drug-likeness (QED) is 0.163. The Hall–Kier alpha value is -6.62. The summed E-state index contributed by atoms with van der Waals surface area (Å²) >= 11 is 1.90. The average Bonchev–Trinajstić information content (AvgIpc) is 3.78. The van der Waals surface area contributed by atoms with Crippen LogP contribution in [0.5, 0.6) is 0 Å². The largest absolute Gasteiger partial charge is 0.344 e. The molecule has 8 aromatic carbocycles. The Kier molecular flexibility index (Phi) is 7.78. The highest BCUT2D eigenvalue weighted by Gasteiger charge is 2.21. The zero-order valence-electron chi connectivity index (χ0n) is 30.1. The van der Waals surface area contributed by atoms with E-state index in [1.165, 1.54) is 58.7 Å². The minimum Gasteiger partial charge on any atom is -0.344 e. The van der Waals surface area contributed by atoms with Gasteiger partial charge in [0.2, 0.25) is 0 Å². The topological polar surface area (TPSA) is 11.4 Å². The molecule has 0 spiro atoms. The van der Waals surface area contributed by atoms with Crippen LogP contribution in [0.4, 0.5) is 28.4 Å². The summed E-state index contributed by atoms with van der Waals surface area (Å²) in [5.74, 6) is 0. The second-order valence-corrected chi connectivity index (χ2v) is 14.9. The molecular weight excluding hydrogens is 675 g/mol. The van der Waals surface area contributed by atoms with Gasteiger partial charge in [0.25, 0.3) is 0 Å². The second-order valence-electron chi connectivity index (χ2n) is 13.9. The molecule has 10 aromatic rings. The third-order valence-electron chi connectivity index (χ3n) is 10.7. The second kappa shape index (κ2) is 13.1. The first kappa shape index (κ1) is 32.1. The Morgan fingerprint density at radius 2 is 1.11 bits per heavy atom. The van der Waals surface area contributed by atoms with Crippen LogP contribution < -0.4 is 9.80 Å². The number of aryl methyl sites for hydroxylation is 1. The summed E-state index contributed by atoms with van der Waals surface area (Å²) in [6, 6.07) is 68.0. The molecule has 258 valence electrons. The molecule has 0 aliphatic heterocycles. The molecule has 0 saturated heterocycles. The van der Waals surface area contributed by atoms with Crippen molar-refractivity contribution in [2.24, 2.45) is 0 Å². The van der Waals surface area contributed by atoms with Crippen LogP contribution in [0.15, 0.2) is 188 Å². The fourth-order valence-corrected chi connectivity index (χ4v) is 9.40. The van der Waals surface area contributed by atoms with Crippen molar-refractivity contribution >= 4 is 81.8 Å². The van der Waals surface area contributed by atoms with Crippen molar-refractivity contribution in [3.8, 4) is 16.8 Å². The fourth-order valence-electron chi connectivity index (χ4n) is 8.14. The summed E-state index contributed by atoms with van der Waals surface area (Å²) in [5.41, 5.74) is 12.8. The molecule has 0 amide bonds. The Morgan fingerprint density at radius 3 is 1.81 bits per heavy atom. The first-order valence-electron chi connectivity index (χ1n) is 18.4. The summed E-state index contributed by atoms with van der Waals surface area (Å²) in [7, 11) is 2.18. The molecule has 0 bridgehead atoms. The van der Waals surface area contributed by atoms with E-state index in [4.69, 9.17) is 0 Å². The lowest BCUT2D eigenvalue weighted by Gasteiger charge is -2.28. The summed E-state index contributed by atoms with van der Waals surface area (Å²) < 4.78 is 5.12. The van der Waals surface area contributed by atoms with Crippen LogP contribution in [0, 0.1) is 6.92 Å². The molecule has 0 aliphatic carbocycles. The molecule has 0 fully saturated rings. The molecule has 3 nitrogen and oxygen atoms in total. The first-order valence-corrected chi connectivity index (χ1v) is 19.2. The van der Waals surface area contributed by atoms with Gasteiger partial charge in [-0.25, -0.2) is 0 Å². The number of rotatable bonds is 7. The molecule has 0 radical (unpaired) electrons. The van der Waals surface area contributed by atoms with Crippen LogP contribution in [0.25, 0.3) is 58.8 Å². The highest BCUT2D eigenvalue weighted by Crippen LogP contribution is 2.45. The van der Waals surface area contributed by atoms with Crippen molar-refractivity contribution in [3.63, 3.8) is 0 Å². The molecule has 2 heterocycles. The standard InChI is InChI=1S/C50H37N3S/c1-34-32-35(26-30-44(34)52(37-18-8-4-9-19-37)38-20-10-5-11-21-38)40-28-27-39(33-47(40)51(2)36-16-6-3-7-17-36)53-45-24-14-12-23-43(45)49-46(53)31-29-42-41-22-13-15-25-48(41)54-50(42)49/h3-33H,1-2H3.